The van der Waals surface area contributed by atoms with Gasteiger partial charge in [0.2, 0.25) is 0 Å². The van der Waals surface area contributed by atoms with Crippen molar-refractivity contribution in [3.05, 3.63) is 0 Å². The topological polar surface area (TPSA) is 35.5 Å². The Balaban J connectivity index is 3.37. The van der Waals surface area contributed by atoms with E-state index in [2.05, 4.69) is 9.78 Å². The van der Waals surface area contributed by atoms with Crippen molar-refractivity contribution in [2.24, 2.45) is 5.92 Å². The molecule has 0 aliphatic carbocycles. The van der Waals surface area contributed by atoms with E-state index in [1.807, 2.05) is 13.8 Å². The van der Waals surface area contributed by atoms with E-state index in [9.17, 15) is 4.79 Å². The third-order valence-corrected chi connectivity index (χ3v) is 1.39. The summed E-state index contributed by atoms with van der Waals surface area (Å²) < 4.78 is 0. The van der Waals surface area contributed by atoms with E-state index in [1.165, 1.54) is 7.11 Å². The summed E-state index contributed by atoms with van der Waals surface area (Å²) in [7, 11) is 1.33. The molecule has 0 saturated heterocycles. The van der Waals surface area contributed by atoms with E-state index in [0.717, 1.165) is 6.42 Å². The lowest BCUT2D eigenvalue weighted by atomic mass is 10.1. The number of rotatable bonds is 4. The molecule has 0 aromatic rings. The van der Waals surface area contributed by atoms with Gasteiger partial charge in [-0.05, 0) is 5.92 Å². The van der Waals surface area contributed by atoms with Crippen LogP contribution in [0.2, 0.25) is 0 Å². The van der Waals surface area contributed by atoms with Gasteiger partial charge in [-0.15, -0.1) is 0 Å². The molecule has 60 valence electrons. The molecule has 1 unspecified atom stereocenters. The molecule has 0 heterocycles. The lowest BCUT2D eigenvalue weighted by Gasteiger charge is -2.04. The maximum Gasteiger partial charge on any atom is 0.342 e. The highest BCUT2D eigenvalue weighted by atomic mass is 17.2. The summed E-state index contributed by atoms with van der Waals surface area (Å²) in [5.41, 5.74) is 0. The molecule has 3 nitrogen and oxygen atoms in total. The van der Waals surface area contributed by atoms with Crippen molar-refractivity contribution in [1.29, 1.82) is 0 Å². The molecule has 0 amide bonds. The highest BCUT2D eigenvalue weighted by Crippen LogP contribution is 2.06. The van der Waals surface area contributed by atoms with Gasteiger partial charge >= 0.3 is 5.97 Å². The number of hydrogen-bond acceptors (Lipinski definition) is 3. The molecule has 0 N–H and O–H groups in total. The van der Waals surface area contributed by atoms with Crippen molar-refractivity contribution >= 4 is 5.97 Å². The van der Waals surface area contributed by atoms with Crippen LogP contribution in [0.5, 0.6) is 0 Å². The van der Waals surface area contributed by atoms with Crippen molar-refractivity contribution in [2.75, 3.05) is 7.11 Å². The van der Waals surface area contributed by atoms with Crippen LogP contribution < -0.4 is 0 Å². The van der Waals surface area contributed by atoms with Gasteiger partial charge in [0.15, 0.2) is 0 Å². The average Bonchev–Trinajstić information content (AvgIpc) is 1.88. The first-order valence-corrected chi connectivity index (χ1v) is 3.44. The fourth-order valence-electron chi connectivity index (χ4n) is 0.556. The summed E-state index contributed by atoms with van der Waals surface area (Å²) in [6.45, 7) is 4.03. The van der Waals surface area contributed by atoms with E-state index in [1.54, 1.807) is 0 Å². The second-order valence-electron chi connectivity index (χ2n) is 2.34. The Labute approximate surface area is 61.2 Å². The standard InChI is InChI=1S/C7H14O3/c1-4-6(2)5-7(8)10-9-3/h6H,4-5H2,1-3H3. The zero-order chi connectivity index (χ0) is 7.98. The van der Waals surface area contributed by atoms with Crippen molar-refractivity contribution in [2.45, 2.75) is 26.7 Å². The molecule has 0 aliphatic heterocycles. The van der Waals surface area contributed by atoms with Crippen LogP contribution in [0.1, 0.15) is 26.7 Å². The highest BCUT2D eigenvalue weighted by molar-refractivity contribution is 5.68. The van der Waals surface area contributed by atoms with E-state index < -0.39 is 0 Å². The third kappa shape index (κ3) is 4.32. The van der Waals surface area contributed by atoms with Crippen LogP contribution in [-0.4, -0.2) is 13.1 Å². The minimum absolute atomic E-state index is 0.295. The summed E-state index contributed by atoms with van der Waals surface area (Å²) >= 11 is 0. The maximum absolute atomic E-state index is 10.7. The fourth-order valence-corrected chi connectivity index (χ4v) is 0.556. The van der Waals surface area contributed by atoms with Crippen molar-refractivity contribution in [3.63, 3.8) is 0 Å². The first-order chi connectivity index (χ1) is 4.70. The monoisotopic (exact) mass is 146 g/mol. The SMILES string of the molecule is CCC(C)CC(=O)OOC. The molecular weight excluding hydrogens is 132 g/mol. The zero-order valence-electron chi connectivity index (χ0n) is 6.72. The number of carbonyl (C=O) groups excluding carboxylic acids is 1. The Morgan fingerprint density at radius 1 is 1.60 bits per heavy atom. The normalized spacial score (nSPS) is 12.7. The lowest BCUT2D eigenvalue weighted by Crippen LogP contribution is -2.07. The summed E-state index contributed by atoms with van der Waals surface area (Å²) in [4.78, 5) is 19.1. The van der Waals surface area contributed by atoms with Crippen LogP contribution in [0.4, 0.5) is 0 Å². The quantitative estimate of drug-likeness (QED) is 0.445. The van der Waals surface area contributed by atoms with E-state index >= 15 is 0 Å². The van der Waals surface area contributed by atoms with Gasteiger partial charge in [0.05, 0.1) is 13.5 Å². The van der Waals surface area contributed by atoms with E-state index in [-0.39, 0.29) is 5.97 Å². The van der Waals surface area contributed by atoms with Gasteiger partial charge in [-0.3, -0.25) is 4.89 Å². The molecule has 0 spiro atoms. The molecule has 0 fully saturated rings. The smallest absolute Gasteiger partial charge is 0.299 e. The Morgan fingerprint density at radius 3 is 2.60 bits per heavy atom. The zero-order valence-corrected chi connectivity index (χ0v) is 6.72. The van der Waals surface area contributed by atoms with Gasteiger partial charge in [-0.25, -0.2) is 4.79 Å². The first kappa shape index (κ1) is 9.43. The van der Waals surface area contributed by atoms with Crippen LogP contribution in [0.15, 0.2) is 0 Å². The van der Waals surface area contributed by atoms with Crippen LogP contribution >= 0.6 is 0 Å². The summed E-state index contributed by atoms with van der Waals surface area (Å²) in [6, 6.07) is 0. The Kier molecular flexibility index (Phi) is 4.94. The largest absolute Gasteiger partial charge is 0.342 e. The average molecular weight is 146 g/mol. The first-order valence-electron chi connectivity index (χ1n) is 3.44. The van der Waals surface area contributed by atoms with Crippen LogP contribution in [0, 0.1) is 5.92 Å². The van der Waals surface area contributed by atoms with Gasteiger partial charge in [0, 0.05) is 0 Å². The van der Waals surface area contributed by atoms with Crippen molar-refractivity contribution < 1.29 is 14.6 Å². The molecule has 3 heteroatoms. The molecule has 0 bridgehead atoms. The predicted molar refractivity (Wildman–Crippen MR) is 37.2 cm³/mol. The second kappa shape index (κ2) is 5.23. The molecule has 0 aromatic carbocycles. The molecule has 0 aliphatic rings. The fraction of sp³-hybridized carbons (Fsp3) is 0.857. The molecule has 0 saturated carbocycles. The minimum Gasteiger partial charge on any atom is -0.299 e. The predicted octanol–water partition coefficient (Wildman–Crippen LogP) is 1.53. The van der Waals surface area contributed by atoms with Crippen molar-refractivity contribution in [3.8, 4) is 0 Å². The van der Waals surface area contributed by atoms with Crippen LogP contribution in [0.3, 0.4) is 0 Å². The molecule has 10 heavy (non-hydrogen) atoms. The number of carbonyl (C=O) groups is 1. The van der Waals surface area contributed by atoms with Gasteiger partial charge < -0.3 is 0 Å². The van der Waals surface area contributed by atoms with Gasteiger partial charge in [0.1, 0.15) is 0 Å². The summed E-state index contributed by atoms with van der Waals surface area (Å²) in [5.74, 6) is 0.0829. The van der Waals surface area contributed by atoms with Crippen molar-refractivity contribution in [1.82, 2.24) is 0 Å². The molecule has 0 aromatic heterocycles. The third-order valence-electron chi connectivity index (χ3n) is 1.39. The maximum atomic E-state index is 10.7. The minimum atomic E-state index is -0.295. The van der Waals surface area contributed by atoms with E-state index in [4.69, 9.17) is 0 Å². The van der Waals surface area contributed by atoms with Gasteiger partial charge in [-0.2, -0.15) is 4.89 Å². The molecule has 1 atom stereocenters. The summed E-state index contributed by atoms with van der Waals surface area (Å²) in [6.07, 6.45) is 1.42. The Bertz CT molecular complexity index is 101. The Hall–Kier alpha value is -0.570. The highest BCUT2D eigenvalue weighted by Gasteiger charge is 2.07. The van der Waals surface area contributed by atoms with Crippen LogP contribution in [-0.2, 0) is 14.6 Å². The lowest BCUT2D eigenvalue weighted by molar-refractivity contribution is -0.255. The van der Waals surface area contributed by atoms with Gasteiger partial charge in [0.25, 0.3) is 0 Å². The second-order valence-corrected chi connectivity index (χ2v) is 2.34. The summed E-state index contributed by atoms with van der Waals surface area (Å²) in [5, 5.41) is 0. The Morgan fingerprint density at radius 2 is 2.20 bits per heavy atom. The molecule has 0 rings (SSSR count). The molecular formula is C7H14O3. The van der Waals surface area contributed by atoms with Gasteiger partial charge in [-0.1, -0.05) is 20.3 Å². The van der Waals surface area contributed by atoms with Crippen LogP contribution in [0.25, 0.3) is 0 Å². The molecule has 0 radical (unpaired) electrons. The number of hydrogen-bond donors (Lipinski definition) is 0. The van der Waals surface area contributed by atoms with E-state index in [0.29, 0.717) is 12.3 Å².